The Hall–Kier alpha value is -2.96. The zero-order valence-electron chi connectivity index (χ0n) is 43.3. The third-order valence-electron chi connectivity index (χ3n) is 12.2. The van der Waals surface area contributed by atoms with Gasteiger partial charge in [0.1, 0.15) is 6.10 Å². The van der Waals surface area contributed by atoms with Crippen LogP contribution in [0.2, 0.25) is 0 Å². The lowest BCUT2D eigenvalue weighted by molar-refractivity contribution is -0.151. The lowest BCUT2D eigenvalue weighted by atomic mass is 10.0. The van der Waals surface area contributed by atoms with Crippen LogP contribution in [0.5, 0.6) is 0 Å². The van der Waals surface area contributed by atoms with Crippen LogP contribution in [0, 0.1) is 0 Å². The summed E-state index contributed by atoms with van der Waals surface area (Å²) in [5.41, 5.74) is 0. The summed E-state index contributed by atoms with van der Waals surface area (Å²) in [4.78, 5) is 26.2. The van der Waals surface area contributed by atoms with E-state index >= 15 is 0 Å². The Morgan fingerprint density at radius 1 is 0.470 bits per heavy atom. The maximum atomic E-state index is 13.2. The highest BCUT2D eigenvalue weighted by molar-refractivity contribution is 5.77. The monoisotopic (exact) mass is 920 g/mol. The van der Waals surface area contributed by atoms with E-state index in [-0.39, 0.29) is 24.9 Å². The van der Waals surface area contributed by atoms with Gasteiger partial charge in [0.2, 0.25) is 5.91 Å². The van der Waals surface area contributed by atoms with E-state index in [0.717, 1.165) is 77.0 Å². The molecule has 6 heteroatoms. The zero-order valence-corrected chi connectivity index (χ0v) is 43.3. The van der Waals surface area contributed by atoms with Gasteiger partial charge < -0.3 is 20.3 Å². The standard InChI is InChI=1S/C60H105NO5/c1-4-7-10-13-16-19-22-25-28-30-32-35-38-41-44-47-50-53-60(65)66-56(51-48-45-42-39-36-33-27-24-21-18-15-12-9-6-3)54-59(64)61-57(55-62)58(63)52-49-46-43-40-37-34-31-29-26-23-20-17-14-11-8-5-2/h7,10,16,19,25,28,32-33,35-36,39,41-42,44,56-58,62-63H,4-6,8-9,11-15,17-18,20-24,26-27,29-31,34,37-38,40,43,45-55H2,1-3H3,(H,61,64)/b10-7-,19-16-,28-25-,35-32-,36-33+,42-39+,44-41-. The lowest BCUT2D eigenvalue weighted by Crippen LogP contribution is -2.46. The number of ether oxygens (including phenoxy) is 1. The predicted molar refractivity (Wildman–Crippen MR) is 287 cm³/mol. The van der Waals surface area contributed by atoms with Crippen LogP contribution in [0.4, 0.5) is 0 Å². The molecule has 1 amide bonds. The molecule has 0 aromatic carbocycles. The van der Waals surface area contributed by atoms with E-state index in [1.54, 1.807) is 0 Å². The number of carbonyl (C=O) groups is 2. The molecule has 380 valence electrons. The van der Waals surface area contributed by atoms with Crippen LogP contribution >= 0.6 is 0 Å². The van der Waals surface area contributed by atoms with Crippen LogP contribution in [0.3, 0.4) is 0 Å². The second-order valence-corrected chi connectivity index (χ2v) is 18.6. The van der Waals surface area contributed by atoms with Gasteiger partial charge >= 0.3 is 5.97 Å². The van der Waals surface area contributed by atoms with Crippen molar-refractivity contribution >= 4 is 11.9 Å². The van der Waals surface area contributed by atoms with E-state index in [0.29, 0.717) is 25.7 Å². The second-order valence-electron chi connectivity index (χ2n) is 18.6. The molecule has 0 aromatic heterocycles. The normalized spacial score (nSPS) is 13.8. The molecular formula is C60H105NO5. The van der Waals surface area contributed by atoms with Crippen molar-refractivity contribution in [1.82, 2.24) is 5.32 Å². The van der Waals surface area contributed by atoms with Crippen molar-refractivity contribution < 1.29 is 24.5 Å². The lowest BCUT2D eigenvalue weighted by Gasteiger charge is -2.24. The fourth-order valence-electron chi connectivity index (χ4n) is 8.05. The number of aliphatic hydroxyl groups is 2. The molecule has 0 aliphatic heterocycles. The van der Waals surface area contributed by atoms with E-state index in [2.05, 4.69) is 111 Å². The predicted octanol–water partition coefficient (Wildman–Crippen LogP) is 17.1. The quantitative estimate of drug-likeness (QED) is 0.0245. The van der Waals surface area contributed by atoms with Gasteiger partial charge in [-0.1, -0.05) is 247 Å². The van der Waals surface area contributed by atoms with Gasteiger partial charge in [0.25, 0.3) is 0 Å². The molecule has 0 fully saturated rings. The van der Waals surface area contributed by atoms with E-state index in [9.17, 15) is 19.8 Å². The molecule has 3 N–H and O–H groups in total. The van der Waals surface area contributed by atoms with Crippen LogP contribution in [0.15, 0.2) is 85.1 Å². The third-order valence-corrected chi connectivity index (χ3v) is 12.2. The smallest absolute Gasteiger partial charge is 0.306 e. The molecule has 0 radical (unpaired) electrons. The molecule has 0 heterocycles. The Morgan fingerprint density at radius 3 is 1.35 bits per heavy atom. The first-order valence-electron chi connectivity index (χ1n) is 27.8. The van der Waals surface area contributed by atoms with Crippen LogP contribution < -0.4 is 5.32 Å². The Morgan fingerprint density at radius 2 is 0.879 bits per heavy atom. The summed E-state index contributed by atoms with van der Waals surface area (Å²) in [5.74, 6) is -0.591. The fourth-order valence-corrected chi connectivity index (χ4v) is 8.05. The number of unbranched alkanes of at least 4 members (excludes halogenated alkanes) is 24. The van der Waals surface area contributed by atoms with Gasteiger partial charge in [-0.05, 0) is 83.5 Å². The van der Waals surface area contributed by atoms with Crippen LogP contribution in [-0.2, 0) is 14.3 Å². The van der Waals surface area contributed by atoms with Crippen LogP contribution in [0.25, 0.3) is 0 Å². The first kappa shape index (κ1) is 63.0. The van der Waals surface area contributed by atoms with Crippen molar-refractivity contribution in [3.63, 3.8) is 0 Å². The molecule has 0 bridgehead atoms. The van der Waals surface area contributed by atoms with Gasteiger partial charge in [0, 0.05) is 6.42 Å². The van der Waals surface area contributed by atoms with Crippen molar-refractivity contribution in [3.05, 3.63) is 85.1 Å². The summed E-state index contributed by atoms with van der Waals surface area (Å²) in [5, 5.41) is 23.8. The molecule has 0 saturated heterocycles. The van der Waals surface area contributed by atoms with Gasteiger partial charge in [-0.15, -0.1) is 0 Å². The van der Waals surface area contributed by atoms with Crippen molar-refractivity contribution in [2.45, 2.75) is 277 Å². The molecular weight excluding hydrogens is 815 g/mol. The average Bonchev–Trinajstić information content (AvgIpc) is 3.31. The van der Waals surface area contributed by atoms with Gasteiger partial charge in [-0.2, -0.15) is 0 Å². The van der Waals surface area contributed by atoms with Gasteiger partial charge in [0.15, 0.2) is 0 Å². The van der Waals surface area contributed by atoms with Gasteiger partial charge in [-0.3, -0.25) is 9.59 Å². The SMILES string of the molecule is CC/C=C\C/C=C\C/C=C\C/C=C\C/C=C\CCCC(=O)OC(CCC/C=C/C=C/CCCCCCCCC)CC(=O)NC(CO)C(O)CCCCCCCCCCCCCCCCCC. The van der Waals surface area contributed by atoms with Crippen molar-refractivity contribution in [3.8, 4) is 0 Å². The van der Waals surface area contributed by atoms with Gasteiger partial charge in [-0.25, -0.2) is 0 Å². The summed E-state index contributed by atoms with van der Waals surface area (Å²) in [6.07, 6.45) is 69.4. The maximum Gasteiger partial charge on any atom is 0.306 e. The Balaban J connectivity index is 4.69. The molecule has 3 unspecified atom stereocenters. The number of hydrogen-bond acceptors (Lipinski definition) is 5. The molecule has 0 aromatic rings. The van der Waals surface area contributed by atoms with E-state index in [1.807, 2.05) is 0 Å². The highest BCUT2D eigenvalue weighted by atomic mass is 16.5. The topological polar surface area (TPSA) is 95.9 Å². The van der Waals surface area contributed by atoms with Crippen molar-refractivity contribution in [1.29, 1.82) is 0 Å². The molecule has 0 aliphatic carbocycles. The summed E-state index contributed by atoms with van der Waals surface area (Å²) in [7, 11) is 0. The summed E-state index contributed by atoms with van der Waals surface area (Å²) in [6, 6.07) is -0.732. The highest BCUT2D eigenvalue weighted by Crippen LogP contribution is 2.17. The first-order valence-corrected chi connectivity index (χ1v) is 27.8. The number of amides is 1. The van der Waals surface area contributed by atoms with E-state index < -0.39 is 18.2 Å². The van der Waals surface area contributed by atoms with Crippen molar-refractivity contribution in [2.24, 2.45) is 0 Å². The minimum atomic E-state index is -0.813. The third kappa shape index (κ3) is 47.5. The Bertz CT molecular complexity index is 1260. The highest BCUT2D eigenvalue weighted by Gasteiger charge is 2.24. The second kappa shape index (κ2) is 53.0. The minimum Gasteiger partial charge on any atom is -0.462 e. The maximum absolute atomic E-state index is 13.2. The van der Waals surface area contributed by atoms with Crippen molar-refractivity contribution in [2.75, 3.05) is 6.61 Å². The molecule has 0 spiro atoms. The molecule has 6 nitrogen and oxygen atoms in total. The summed E-state index contributed by atoms with van der Waals surface area (Å²) >= 11 is 0. The fraction of sp³-hybridized carbons (Fsp3) is 0.733. The zero-order chi connectivity index (χ0) is 48.1. The molecule has 0 aliphatic rings. The minimum absolute atomic E-state index is 0.0187. The largest absolute Gasteiger partial charge is 0.462 e. The number of carbonyl (C=O) groups excluding carboxylic acids is 2. The first-order chi connectivity index (χ1) is 32.5. The van der Waals surface area contributed by atoms with E-state index in [4.69, 9.17) is 4.74 Å². The van der Waals surface area contributed by atoms with E-state index in [1.165, 1.54) is 128 Å². The molecule has 66 heavy (non-hydrogen) atoms. The number of esters is 1. The number of allylic oxidation sites excluding steroid dienone is 14. The summed E-state index contributed by atoms with van der Waals surface area (Å²) in [6.45, 7) is 6.35. The number of rotatable bonds is 49. The summed E-state index contributed by atoms with van der Waals surface area (Å²) < 4.78 is 5.89. The molecule has 0 rings (SSSR count). The average molecular weight is 921 g/mol. The number of hydrogen-bond donors (Lipinski definition) is 3. The number of nitrogens with one attached hydrogen (secondary N) is 1. The van der Waals surface area contributed by atoms with Crippen LogP contribution in [0.1, 0.15) is 258 Å². The Labute approximate surface area is 408 Å². The molecule has 3 atom stereocenters. The Kier molecular flexibility index (Phi) is 50.6. The molecule has 0 saturated carbocycles. The van der Waals surface area contributed by atoms with Crippen LogP contribution in [-0.4, -0.2) is 46.9 Å². The van der Waals surface area contributed by atoms with Gasteiger partial charge in [0.05, 0.1) is 25.2 Å². The number of aliphatic hydroxyl groups excluding tert-OH is 2.